The summed E-state index contributed by atoms with van der Waals surface area (Å²) >= 11 is 1.52. The molecule has 0 aliphatic carbocycles. The van der Waals surface area contributed by atoms with E-state index in [1.54, 1.807) is 0 Å². The van der Waals surface area contributed by atoms with Gasteiger partial charge >= 0.3 is 12.0 Å². The van der Waals surface area contributed by atoms with Gasteiger partial charge in [0.1, 0.15) is 0 Å². The van der Waals surface area contributed by atoms with E-state index in [9.17, 15) is 14.4 Å². The van der Waals surface area contributed by atoms with E-state index in [2.05, 4.69) is 15.5 Å². The van der Waals surface area contributed by atoms with Gasteiger partial charge in [-0.1, -0.05) is 5.16 Å². The summed E-state index contributed by atoms with van der Waals surface area (Å²) in [5, 5.41) is 11.9. The first kappa shape index (κ1) is 17.6. The molecule has 0 aliphatic rings. The van der Waals surface area contributed by atoms with Gasteiger partial charge in [0.25, 0.3) is 5.91 Å². The Hall–Kier alpha value is -2.75. The normalized spacial score (nSPS) is 11.6. The highest BCUT2D eigenvalue weighted by Gasteiger charge is 2.20. The van der Waals surface area contributed by atoms with Gasteiger partial charge in [0.2, 0.25) is 11.7 Å². The summed E-state index contributed by atoms with van der Waals surface area (Å²) in [5.74, 6) is -0.557. The van der Waals surface area contributed by atoms with Crippen LogP contribution in [0.15, 0.2) is 21.3 Å². The zero-order valence-corrected chi connectivity index (χ0v) is 13.9. The average Bonchev–Trinajstić information content (AvgIpc) is 3.23. The Morgan fingerprint density at radius 1 is 1.42 bits per heavy atom. The summed E-state index contributed by atoms with van der Waals surface area (Å²) in [7, 11) is 1.37. The number of aryl methyl sites for hydroxylation is 1. The van der Waals surface area contributed by atoms with Crippen LogP contribution in [-0.2, 0) is 20.7 Å². The van der Waals surface area contributed by atoms with E-state index in [4.69, 9.17) is 9.26 Å². The lowest BCUT2D eigenvalue weighted by Crippen LogP contribution is -2.43. The summed E-state index contributed by atoms with van der Waals surface area (Å²) in [6.45, 7) is 1.37. The van der Waals surface area contributed by atoms with E-state index in [-0.39, 0.29) is 12.8 Å². The van der Waals surface area contributed by atoms with Gasteiger partial charge in [-0.2, -0.15) is 16.3 Å². The van der Waals surface area contributed by atoms with Crippen LogP contribution in [0, 0.1) is 0 Å². The van der Waals surface area contributed by atoms with Crippen molar-refractivity contribution in [2.24, 2.45) is 0 Å². The molecule has 2 aromatic rings. The lowest BCUT2D eigenvalue weighted by atomic mass is 10.3. The lowest BCUT2D eigenvalue weighted by molar-refractivity contribution is -0.154. The number of thiophene rings is 1. The second-order valence-electron chi connectivity index (χ2n) is 4.72. The summed E-state index contributed by atoms with van der Waals surface area (Å²) in [4.78, 5) is 38.5. The fraction of sp³-hybridized carbons (Fsp3) is 0.357. The fourth-order valence-electron chi connectivity index (χ4n) is 1.66. The molecule has 0 spiro atoms. The third kappa shape index (κ3) is 4.88. The largest absolute Gasteiger partial charge is 0.453 e. The number of nitrogens with zero attached hydrogens (tertiary/aromatic N) is 2. The zero-order chi connectivity index (χ0) is 17.5. The molecule has 2 aromatic heterocycles. The number of carbonyl (C=O) groups excluding carboxylic acids is 3. The summed E-state index contributed by atoms with van der Waals surface area (Å²) in [6, 6.07) is 1.19. The van der Waals surface area contributed by atoms with Crippen LogP contribution in [0.25, 0.3) is 11.4 Å². The molecule has 0 saturated carbocycles. The molecule has 0 aromatic carbocycles. The Kier molecular flexibility index (Phi) is 6.01. The van der Waals surface area contributed by atoms with E-state index >= 15 is 0 Å². The SMILES string of the molecule is CNC(=O)NC(=O)[C@H](C)OC(=O)CCc1nc(-c2ccsc2)no1. The molecule has 9 nitrogen and oxygen atoms in total. The molecular formula is C14H16N4O5S. The van der Waals surface area contributed by atoms with E-state index in [1.165, 1.54) is 25.3 Å². The van der Waals surface area contributed by atoms with E-state index in [0.29, 0.717) is 11.7 Å². The highest BCUT2D eigenvalue weighted by atomic mass is 32.1. The quantitative estimate of drug-likeness (QED) is 0.747. The third-order valence-corrected chi connectivity index (χ3v) is 3.61. The van der Waals surface area contributed by atoms with E-state index < -0.39 is 24.0 Å². The monoisotopic (exact) mass is 352 g/mol. The molecule has 24 heavy (non-hydrogen) atoms. The second-order valence-corrected chi connectivity index (χ2v) is 5.50. The molecule has 0 aliphatic heterocycles. The number of aromatic nitrogens is 2. The van der Waals surface area contributed by atoms with Crippen molar-refractivity contribution in [2.75, 3.05) is 7.05 Å². The molecule has 0 bridgehead atoms. The van der Waals surface area contributed by atoms with Crippen molar-refractivity contribution >= 4 is 29.2 Å². The van der Waals surface area contributed by atoms with Crippen LogP contribution >= 0.6 is 11.3 Å². The van der Waals surface area contributed by atoms with Gasteiger partial charge in [-0.15, -0.1) is 0 Å². The molecular weight excluding hydrogens is 336 g/mol. The van der Waals surface area contributed by atoms with E-state index in [1.807, 2.05) is 22.1 Å². The summed E-state index contributed by atoms with van der Waals surface area (Å²) in [5.41, 5.74) is 0.845. The third-order valence-electron chi connectivity index (χ3n) is 2.93. The maximum absolute atomic E-state index is 11.7. The Morgan fingerprint density at radius 3 is 2.88 bits per heavy atom. The zero-order valence-electron chi connectivity index (χ0n) is 13.1. The molecule has 0 radical (unpaired) electrons. The van der Waals surface area contributed by atoms with Gasteiger partial charge in [-0.3, -0.25) is 14.9 Å². The van der Waals surface area contributed by atoms with Gasteiger partial charge in [0, 0.05) is 24.4 Å². The smallest absolute Gasteiger partial charge is 0.321 e. The fourth-order valence-corrected chi connectivity index (χ4v) is 2.29. The van der Waals surface area contributed by atoms with Crippen LogP contribution in [0.5, 0.6) is 0 Å². The Balaban J connectivity index is 1.79. The van der Waals surface area contributed by atoms with Crippen molar-refractivity contribution < 1.29 is 23.6 Å². The number of hydrogen-bond donors (Lipinski definition) is 2. The number of nitrogens with one attached hydrogen (secondary N) is 2. The molecule has 2 N–H and O–H groups in total. The van der Waals surface area contributed by atoms with Crippen LogP contribution in [0.3, 0.4) is 0 Å². The topological polar surface area (TPSA) is 123 Å². The number of esters is 1. The first-order valence-corrected chi connectivity index (χ1v) is 8.01. The van der Waals surface area contributed by atoms with Crippen molar-refractivity contribution in [3.63, 3.8) is 0 Å². The van der Waals surface area contributed by atoms with Crippen molar-refractivity contribution in [1.29, 1.82) is 0 Å². The molecule has 128 valence electrons. The molecule has 3 amide bonds. The Bertz CT molecular complexity index is 713. The highest BCUT2D eigenvalue weighted by Crippen LogP contribution is 2.19. The van der Waals surface area contributed by atoms with E-state index in [0.717, 1.165) is 5.56 Å². The number of hydrogen-bond acceptors (Lipinski definition) is 8. The maximum Gasteiger partial charge on any atom is 0.321 e. The standard InChI is InChI=1S/C14H16N4O5S/c1-8(13(20)17-14(21)15-2)22-11(19)4-3-10-16-12(18-23-10)9-5-6-24-7-9/h5-8H,3-4H2,1-2H3,(H2,15,17,20,21)/t8-/m0/s1. The molecule has 0 fully saturated rings. The number of urea groups is 1. The van der Waals surface area contributed by atoms with Crippen molar-refractivity contribution in [3.8, 4) is 11.4 Å². The van der Waals surface area contributed by atoms with Gasteiger partial charge in [-0.05, 0) is 18.4 Å². The van der Waals surface area contributed by atoms with Gasteiger partial charge in [0.05, 0.1) is 6.42 Å². The minimum atomic E-state index is -1.08. The number of rotatable bonds is 6. The van der Waals surface area contributed by atoms with Gasteiger partial charge < -0.3 is 14.6 Å². The van der Waals surface area contributed by atoms with Crippen molar-refractivity contribution in [2.45, 2.75) is 25.9 Å². The predicted octanol–water partition coefficient (Wildman–Crippen LogP) is 1.12. The van der Waals surface area contributed by atoms with Gasteiger partial charge in [-0.25, -0.2) is 4.79 Å². The molecule has 0 saturated heterocycles. The molecule has 2 rings (SSSR count). The average molecular weight is 352 g/mol. The Labute approximate surface area is 141 Å². The predicted molar refractivity (Wildman–Crippen MR) is 84.1 cm³/mol. The molecule has 2 heterocycles. The van der Waals surface area contributed by atoms with Crippen LogP contribution in [-0.4, -0.2) is 41.2 Å². The Morgan fingerprint density at radius 2 is 2.21 bits per heavy atom. The molecule has 10 heteroatoms. The van der Waals surface area contributed by atoms with Crippen LogP contribution in [0.4, 0.5) is 4.79 Å². The first-order valence-electron chi connectivity index (χ1n) is 7.06. The number of ether oxygens (including phenoxy) is 1. The molecule has 1 atom stereocenters. The van der Waals surface area contributed by atoms with Crippen LogP contribution in [0.2, 0.25) is 0 Å². The van der Waals surface area contributed by atoms with Gasteiger partial charge in [0.15, 0.2) is 6.10 Å². The summed E-state index contributed by atoms with van der Waals surface area (Å²) < 4.78 is 10.0. The maximum atomic E-state index is 11.7. The van der Waals surface area contributed by atoms with Crippen LogP contribution in [0.1, 0.15) is 19.2 Å². The lowest BCUT2D eigenvalue weighted by Gasteiger charge is -2.12. The van der Waals surface area contributed by atoms with Crippen molar-refractivity contribution in [3.05, 3.63) is 22.7 Å². The van der Waals surface area contributed by atoms with Crippen molar-refractivity contribution in [1.82, 2.24) is 20.8 Å². The minimum Gasteiger partial charge on any atom is -0.453 e. The highest BCUT2D eigenvalue weighted by molar-refractivity contribution is 7.08. The first-order chi connectivity index (χ1) is 11.5. The second kappa shape index (κ2) is 8.20. The minimum absolute atomic E-state index is 0.0249. The number of imide groups is 1. The number of amides is 3. The summed E-state index contributed by atoms with van der Waals surface area (Å²) in [6.07, 6.45) is -0.915. The van der Waals surface area contributed by atoms with Crippen LogP contribution < -0.4 is 10.6 Å². The molecule has 0 unspecified atom stereocenters. The number of carbonyl (C=O) groups is 3.